The van der Waals surface area contributed by atoms with Crippen LogP contribution in [0.3, 0.4) is 0 Å². The van der Waals surface area contributed by atoms with Gasteiger partial charge in [-0.2, -0.15) is 0 Å². The van der Waals surface area contributed by atoms with Gasteiger partial charge >= 0.3 is 5.97 Å². The van der Waals surface area contributed by atoms with Crippen molar-refractivity contribution in [1.82, 2.24) is 4.90 Å². The highest BCUT2D eigenvalue weighted by atomic mass is 32.2. The summed E-state index contributed by atoms with van der Waals surface area (Å²) in [5.74, 6) is -0.803. The van der Waals surface area contributed by atoms with Gasteiger partial charge < -0.3 is 5.11 Å². The maximum atomic E-state index is 11.0. The molecule has 0 saturated carbocycles. The Morgan fingerprint density at radius 2 is 1.61 bits per heavy atom. The Morgan fingerprint density at radius 1 is 1.00 bits per heavy atom. The van der Waals surface area contributed by atoms with E-state index in [9.17, 15) is 4.79 Å². The van der Waals surface area contributed by atoms with Crippen LogP contribution >= 0.6 is 11.8 Å². The molecule has 3 nitrogen and oxygen atoms in total. The molecule has 1 aliphatic rings. The molecule has 0 amide bonds. The first-order chi connectivity index (χ1) is 11.2. The van der Waals surface area contributed by atoms with E-state index >= 15 is 0 Å². The van der Waals surface area contributed by atoms with Crippen LogP contribution in [-0.2, 0) is 11.3 Å². The lowest BCUT2D eigenvalue weighted by molar-refractivity contribution is -0.143. The predicted molar refractivity (Wildman–Crippen MR) is 92.6 cm³/mol. The third kappa shape index (κ3) is 4.60. The Labute approximate surface area is 141 Å². The van der Waals surface area contributed by atoms with Gasteiger partial charge in [0.2, 0.25) is 0 Å². The largest absolute Gasteiger partial charge is 0.481 e. The van der Waals surface area contributed by atoms with Crippen LogP contribution in [0.1, 0.15) is 18.4 Å². The van der Waals surface area contributed by atoms with E-state index in [-0.39, 0.29) is 5.92 Å². The third-order valence-corrected chi connectivity index (χ3v) is 5.26. The fraction of sp³-hybridized carbons (Fsp3) is 0.316. The number of nitrogens with zero attached hydrogens (tertiary/aromatic N) is 1. The average Bonchev–Trinajstić information content (AvgIpc) is 2.58. The van der Waals surface area contributed by atoms with Gasteiger partial charge in [0.15, 0.2) is 0 Å². The lowest BCUT2D eigenvalue weighted by Gasteiger charge is -2.30. The highest BCUT2D eigenvalue weighted by Gasteiger charge is 2.24. The lowest BCUT2D eigenvalue weighted by atomic mass is 9.97. The van der Waals surface area contributed by atoms with E-state index in [1.54, 1.807) is 11.8 Å². The molecule has 23 heavy (non-hydrogen) atoms. The predicted octanol–water partition coefficient (Wildman–Crippen LogP) is 4.13. The Hall–Kier alpha value is -1.78. The smallest absolute Gasteiger partial charge is 0.306 e. The maximum absolute atomic E-state index is 11.0. The van der Waals surface area contributed by atoms with Crippen molar-refractivity contribution in [3.63, 3.8) is 0 Å². The normalized spacial score (nSPS) is 16.3. The zero-order valence-electron chi connectivity index (χ0n) is 13.0. The van der Waals surface area contributed by atoms with Gasteiger partial charge in [0.25, 0.3) is 0 Å². The minimum Gasteiger partial charge on any atom is -0.481 e. The fourth-order valence-electron chi connectivity index (χ4n) is 2.88. The van der Waals surface area contributed by atoms with Gasteiger partial charge in [-0.15, -0.1) is 0 Å². The van der Waals surface area contributed by atoms with Gasteiger partial charge in [-0.1, -0.05) is 42.1 Å². The quantitative estimate of drug-likeness (QED) is 0.896. The molecule has 1 fully saturated rings. The molecule has 0 atom stereocenters. The number of carbonyl (C=O) groups is 1. The van der Waals surface area contributed by atoms with Crippen molar-refractivity contribution >= 4 is 17.7 Å². The van der Waals surface area contributed by atoms with Crippen LogP contribution in [0.25, 0.3) is 0 Å². The number of piperidine rings is 1. The topological polar surface area (TPSA) is 40.5 Å². The van der Waals surface area contributed by atoms with Crippen molar-refractivity contribution in [2.45, 2.75) is 29.2 Å². The number of hydrogen-bond acceptors (Lipinski definition) is 3. The number of carboxylic acids is 1. The summed E-state index contributed by atoms with van der Waals surface area (Å²) in [5, 5.41) is 9.05. The molecule has 1 N–H and O–H groups in total. The Morgan fingerprint density at radius 3 is 2.22 bits per heavy atom. The number of likely N-dealkylation sites (tertiary alicyclic amines) is 1. The minimum absolute atomic E-state index is 0.157. The van der Waals surface area contributed by atoms with E-state index in [0.717, 1.165) is 32.5 Å². The lowest BCUT2D eigenvalue weighted by Crippen LogP contribution is -2.35. The SMILES string of the molecule is O=C(O)C1CCN(Cc2ccc(Sc3ccccc3)cc2)CC1. The molecule has 1 saturated heterocycles. The molecule has 0 unspecified atom stereocenters. The van der Waals surface area contributed by atoms with Crippen LogP contribution in [0.2, 0.25) is 0 Å². The molecule has 0 aromatic heterocycles. The molecule has 2 aromatic rings. The number of hydrogen-bond donors (Lipinski definition) is 1. The van der Waals surface area contributed by atoms with E-state index in [2.05, 4.69) is 53.4 Å². The van der Waals surface area contributed by atoms with Crippen molar-refractivity contribution in [2.75, 3.05) is 13.1 Å². The molecular formula is C19H21NO2S. The first-order valence-electron chi connectivity index (χ1n) is 7.98. The summed E-state index contributed by atoms with van der Waals surface area (Å²) < 4.78 is 0. The molecule has 4 heteroatoms. The molecule has 0 spiro atoms. The second-order valence-electron chi connectivity index (χ2n) is 5.95. The van der Waals surface area contributed by atoms with Crippen molar-refractivity contribution in [3.05, 3.63) is 60.2 Å². The first kappa shape index (κ1) is 16.1. The molecule has 1 heterocycles. The minimum atomic E-state index is -0.646. The molecule has 3 rings (SSSR count). The van der Waals surface area contributed by atoms with Crippen molar-refractivity contribution in [2.24, 2.45) is 5.92 Å². The summed E-state index contributed by atoms with van der Waals surface area (Å²) >= 11 is 1.77. The van der Waals surface area contributed by atoms with E-state index in [0.29, 0.717) is 0 Å². The summed E-state index contributed by atoms with van der Waals surface area (Å²) in [7, 11) is 0. The molecule has 0 bridgehead atoms. The van der Waals surface area contributed by atoms with Crippen LogP contribution in [-0.4, -0.2) is 29.1 Å². The van der Waals surface area contributed by atoms with Crippen LogP contribution in [0.4, 0.5) is 0 Å². The van der Waals surface area contributed by atoms with Crippen LogP contribution in [0.5, 0.6) is 0 Å². The van der Waals surface area contributed by atoms with E-state index in [1.165, 1.54) is 15.4 Å². The van der Waals surface area contributed by atoms with Gasteiger partial charge in [0, 0.05) is 16.3 Å². The Kier molecular flexibility index (Phi) is 5.36. The molecule has 120 valence electrons. The fourth-order valence-corrected chi connectivity index (χ4v) is 3.72. The van der Waals surface area contributed by atoms with Crippen molar-refractivity contribution in [1.29, 1.82) is 0 Å². The second kappa shape index (κ2) is 7.66. The van der Waals surface area contributed by atoms with Gasteiger partial charge in [-0.05, 0) is 55.8 Å². The highest BCUT2D eigenvalue weighted by molar-refractivity contribution is 7.99. The number of aliphatic carboxylic acids is 1. The van der Waals surface area contributed by atoms with E-state index in [1.807, 2.05) is 6.07 Å². The summed E-state index contributed by atoms with van der Waals surface area (Å²) in [6.45, 7) is 2.65. The first-order valence-corrected chi connectivity index (χ1v) is 8.79. The standard InChI is InChI=1S/C19H21NO2S/c21-19(22)16-10-12-20(13-11-16)14-15-6-8-18(9-7-15)23-17-4-2-1-3-5-17/h1-9,16H,10-14H2,(H,21,22). The zero-order chi connectivity index (χ0) is 16.1. The summed E-state index contributed by atoms with van der Waals surface area (Å²) in [6.07, 6.45) is 1.52. The third-order valence-electron chi connectivity index (χ3n) is 4.25. The Balaban J connectivity index is 1.53. The van der Waals surface area contributed by atoms with Crippen molar-refractivity contribution in [3.8, 4) is 0 Å². The van der Waals surface area contributed by atoms with Crippen LogP contribution in [0, 0.1) is 5.92 Å². The number of rotatable bonds is 5. The second-order valence-corrected chi connectivity index (χ2v) is 7.09. The summed E-state index contributed by atoms with van der Waals surface area (Å²) in [4.78, 5) is 15.8. The van der Waals surface area contributed by atoms with Crippen LogP contribution < -0.4 is 0 Å². The number of benzene rings is 2. The maximum Gasteiger partial charge on any atom is 0.306 e. The molecular weight excluding hydrogens is 306 g/mol. The Bertz CT molecular complexity index is 634. The average molecular weight is 327 g/mol. The van der Waals surface area contributed by atoms with Gasteiger partial charge in [0.05, 0.1) is 5.92 Å². The zero-order valence-corrected chi connectivity index (χ0v) is 13.8. The monoisotopic (exact) mass is 327 g/mol. The van der Waals surface area contributed by atoms with E-state index < -0.39 is 5.97 Å². The number of carboxylic acid groups (broad SMARTS) is 1. The van der Waals surface area contributed by atoms with Gasteiger partial charge in [0.1, 0.15) is 0 Å². The van der Waals surface area contributed by atoms with Gasteiger partial charge in [-0.3, -0.25) is 9.69 Å². The molecule has 1 aliphatic heterocycles. The van der Waals surface area contributed by atoms with Crippen LogP contribution in [0.15, 0.2) is 64.4 Å². The summed E-state index contributed by atoms with van der Waals surface area (Å²) in [5.41, 5.74) is 1.29. The molecule has 0 aliphatic carbocycles. The summed E-state index contributed by atoms with van der Waals surface area (Å²) in [6, 6.07) is 19.0. The molecule has 2 aromatic carbocycles. The highest BCUT2D eigenvalue weighted by Crippen LogP contribution is 2.27. The van der Waals surface area contributed by atoms with Crippen molar-refractivity contribution < 1.29 is 9.90 Å². The van der Waals surface area contributed by atoms with Gasteiger partial charge in [-0.25, -0.2) is 0 Å². The van der Waals surface area contributed by atoms with E-state index in [4.69, 9.17) is 5.11 Å². The molecule has 0 radical (unpaired) electrons.